The highest BCUT2D eigenvalue weighted by Gasteiger charge is 2.13. The van der Waals surface area contributed by atoms with E-state index in [-0.39, 0.29) is 0 Å². The lowest BCUT2D eigenvalue weighted by Gasteiger charge is -2.11. The Balaban J connectivity index is 0.000000372. The molecule has 22 heavy (non-hydrogen) atoms. The second-order valence-electron chi connectivity index (χ2n) is 4.54. The molecule has 1 aromatic heterocycles. The Hall–Kier alpha value is -1.27. The minimum atomic E-state index is -3.67. The van der Waals surface area contributed by atoms with Gasteiger partial charge in [0.05, 0.1) is 18.2 Å². The Labute approximate surface area is 130 Å². The number of rotatable bonds is 2. The Morgan fingerprint density at radius 3 is 2.14 bits per heavy atom. The first-order valence-corrected chi connectivity index (χ1v) is 9.87. The molecular weight excluding hydrogens is 334 g/mol. The zero-order valence-corrected chi connectivity index (χ0v) is 13.9. The minimum Gasteiger partial charge on any atom is -0.380 e. The van der Waals surface area contributed by atoms with Gasteiger partial charge in [-0.1, -0.05) is 0 Å². The average molecular weight is 355 g/mol. The van der Waals surface area contributed by atoms with E-state index in [0.717, 1.165) is 18.8 Å². The molecule has 0 radical (unpaired) electrons. The van der Waals surface area contributed by atoms with Crippen LogP contribution in [0.3, 0.4) is 0 Å². The van der Waals surface area contributed by atoms with Crippen molar-refractivity contribution < 1.29 is 25.9 Å². The first-order valence-electron chi connectivity index (χ1n) is 6.17. The highest BCUT2D eigenvalue weighted by molar-refractivity contribution is 7.85. The summed E-state index contributed by atoms with van der Waals surface area (Å²) in [6.45, 7) is 2.19. The van der Waals surface area contributed by atoms with Crippen molar-refractivity contribution in [3.05, 3.63) is 24.5 Å². The van der Waals surface area contributed by atoms with Crippen LogP contribution >= 0.6 is 0 Å². The molecule has 1 aromatic rings. The number of aromatic nitrogens is 1. The molecule has 1 aliphatic heterocycles. The second-order valence-corrected chi connectivity index (χ2v) is 7.47. The summed E-state index contributed by atoms with van der Waals surface area (Å²) in [7, 11) is -7.33. The van der Waals surface area contributed by atoms with E-state index in [9.17, 15) is 16.8 Å². The molecule has 1 aliphatic rings. The van der Waals surface area contributed by atoms with Crippen LogP contribution < -0.4 is 10.6 Å². The Kier molecular flexibility index (Phi) is 9.13. The van der Waals surface area contributed by atoms with Gasteiger partial charge >= 0.3 is 0 Å². The van der Waals surface area contributed by atoms with E-state index >= 15 is 0 Å². The SMILES string of the molecule is CS(=O)(=O)O.CS(=O)(=O)O.c1cncc(N[C@H]2CCNC2)c1. The monoisotopic (exact) mass is 355 g/mol. The third-order valence-corrected chi connectivity index (χ3v) is 2.09. The Bertz CT molecular complexity index is 566. The van der Waals surface area contributed by atoms with Gasteiger partial charge in [-0.2, -0.15) is 16.8 Å². The summed E-state index contributed by atoms with van der Waals surface area (Å²) in [5, 5.41) is 6.73. The van der Waals surface area contributed by atoms with Crippen LogP contribution in [-0.2, 0) is 20.2 Å². The summed E-state index contributed by atoms with van der Waals surface area (Å²) in [5.41, 5.74) is 1.12. The lowest BCUT2D eigenvalue weighted by atomic mass is 10.2. The lowest BCUT2D eigenvalue weighted by molar-refractivity contribution is 0.488. The number of hydrogen-bond acceptors (Lipinski definition) is 7. The molecule has 0 unspecified atom stereocenters. The molecule has 128 valence electrons. The Morgan fingerprint density at radius 1 is 1.23 bits per heavy atom. The summed E-state index contributed by atoms with van der Waals surface area (Å²) >= 11 is 0. The van der Waals surface area contributed by atoms with Gasteiger partial charge in [0.15, 0.2) is 0 Å². The maximum Gasteiger partial charge on any atom is 0.261 e. The molecule has 9 nitrogen and oxygen atoms in total. The highest BCUT2D eigenvalue weighted by atomic mass is 32.2. The van der Waals surface area contributed by atoms with E-state index in [1.807, 2.05) is 18.3 Å². The van der Waals surface area contributed by atoms with Crippen LogP contribution in [0.2, 0.25) is 0 Å². The average Bonchev–Trinajstić information content (AvgIpc) is 2.78. The first kappa shape index (κ1) is 20.7. The van der Waals surface area contributed by atoms with Gasteiger partial charge in [0, 0.05) is 25.0 Å². The molecule has 11 heteroatoms. The maximum atomic E-state index is 9.19. The molecule has 0 saturated carbocycles. The van der Waals surface area contributed by atoms with Crippen LogP contribution in [0.5, 0.6) is 0 Å². The molecule has 2 rings (SSSR count). The van der Waals surface area contributed by atoms with Crippen molar-refractivity contribution >= 4 is 25.9 Å². The first-order chi connectivity index (χ1) is 9.95. The standard InChI is InChI=1S/C9H13N3.2CH4O3S/c1-2-8(6-10-4-1)12-9-3-5-11-7-9;2*1-5(2,3)4/h1-2,4,6,9,11-12H,3,5,7H2;2*1H3,(H,2,3,4)/t9-;;/m0../s1. The van der Waals surface area contributed by atoms with Crippen LogP contribution in [0.1, 0.15) is 6.42 Å². The Morgan fingerprint density at radius 2 is 1.77 bits per heavy atom. The van der Waals surface area contributed by atoms with Crippen LogP contribution in [0.4, 0.5) is 5.69 Å². The fourth-order valence-electron chi connectivity index (χ4n) is 1.46. The number of anilines is 1. The summed E-state index contributed by atoms with van der Waals surface area (Å²) in [6, 6.07) is 4.57. The molecule has 1 atom stereocenters. The van der Waals surface area contributed by atoms with Crippen molar-refractivity contribution in [3.63, 3.8) is 0 Å². The number of pyridine rings is 1. The molecule has 0 bridgehead atoms. The van der Waals surface area contributed by atoms with Crippen molar-refractivity contribution in [1.29, 1.82) is 0 Å². The third-order valence-electron chi connectivity index (χ3n) is 2.09. The van der Waals surface area contributed by atoms with Gasteiger partial charge in [-0.05, 0) is 25.1 Å². The van der Waals surface area contributed by atoms with E-state index < -0.39 is 20.2 Å². The van der Waals surface area contributed by atoms with Crippen molar-refractivity contribution in [3.8, 4) is 0 Å². The van der Waals surface area contributed by atoms with Crippen molar-refractivity contribution in [2.24, 2.45) is 0 Å². The topological polar surface area (TPSA) is 146 Å². The van der Waals surface area contributed by atoms with E-state index in [0.29, 0.717) is 18.6 Å². The maximum absolute atomic E-state index is 9.19. The van der Waals surface area contributed by atoms with E-state index in [1.54, 1.807) is 6.20 Å². The normalized spacial score (nSPS) is 17.5. The largest absolute Gasteiger partial charge is 0.380 e. The van der Waals surface area contributed by atoms with Crippen LogP contribution in [-0.4, -0.2) is 62.6 Å². The van der Waals surface area contributed by atoms with E-state index in [4.69, 9.17) is 9.11 Å². The molecule has 1 saturated heterocycles. The molecule has 2 heterocycles. The fourth-order valence-corrected chi connectivity index (χ4v) is 1.46. The summed E-state index contributed by atoms with van der Waals surface area (Å²) in [4.78, 5) is 4.04. The zero-order valence-electron chi connectivity index (χ0n) is 12.3. The number of nitrogens with zero attached hydrogens (tertiary/aromatic N) is 1. The predicted molar refractivity (Wildman–Crippen MR) is 84.1 cm³/mol. The summed E-state index contributed by atoms with van der Waals surface area (Å²) in [6.07, 6.45) is 6.28. The van der Waals surface area contributed by atoms with Crippen LogP contribution in [0.15, 0.2) is 24.5 Å². The third kappa shape index (κ3) is 18.7. The van der Waals surface area contributed by atoms with Gasteiger partial charge in [0.1, 0.15) is 0 Å². The zero-order chi connectivity index (χ0) is 17.2. The highest BCUT2D eigenvalue weighted by Crippen LogP contribution is 2.08. The minimum absolute atomic E-state index is 0.578. The lowest BCUT2D eigenvalue weighted by Crippen LogP contribution is -2.21. The van der Waals surface area contributed by atoms with Crippen LogP contribution in [0.25, 0.3) is 0 Å². The number of hydrogen-bond donors (Lipinski definition) is 4. The van der Waals surface area contributed by atoms with Crippen molar-refractivity contribution in [1.82, 2.24) is 10.3 Å². The molecule has 1 fully saturated rings. The molecule has 0 spiro atoms. The van der Waals surface area contributed by atoms with Gasteiger partial charge < -0.3 is 10.6 Å². The van der Waals surface area contributed by atoms with Crippen molar-refractivity contribution in [2.75, 3.05) is 30.9 Å². The molecule has 0 aliphatic carbocycles. The van der Waals surface area contributed by atoms with Gasteiger partial charge in [-0.3, -0.25) is 14.1 Å². The van der Waals surface area contributed by atoms with Gasteiger partial charge in [0.2, 0.25) is 0 Å². The van der Waals surface area contributed by atoms with Gasteiger partial charge in [-0.25, -0.2) is 0 Å². The van der Waals surface area contributed by atoms with Crippen LogP contribution in [0, 0.1) is 0 Å². The smallest absolute Gasteiger partial charge is 0.261 e. The predicted octanol–water partition coefficient (Wildman–Crippen LogP) is -0.137. The van der Waals surface area contributed by atoms with Crippen molar-refractivity contribution in [2.45, 2.75) is 12.5 Å². The van der Waals surface area contributed by atoms with E-state index in [1.165, 1.54) is 6.42 Å². The molecular formula is C11H21N3O6S2. The quantitative estimate of drug-likeness (QED) is 0.532. The second kappa shape index (κ2) is 9.69. The fraction of sp³-hybridized carbons (Fsp3) is 0.545. The molecule has 0 aromatic carbocycles. The number of nitrogens with one attached hydrogen (secondary N) is 2. The summed E-state index contributed by atoms with van der Waals surface area (Å²) in [5.74, 6) is 0. The molecule has 0 amide bonds. The molecule has 4 N–H and O–H groups in total. The van der Waals surface area contributed by atoms with Gasteiger partial charge in [-0.15, -0.1) is 0 Å². The van der Waals surface area contributed by atoms with E-state index in [2.05, 4.69) is 15.6 Å². The summed E-state index contributed by atoms with van der Waals surface area (Å²) < 4.78 is 51.7. The van der Waals surface area contributed by atoms with Gasteiger partial charge in [0.25, 0.3) is 20.2 Å².